The van der Waals surface area contributed by atoms with Crippen LogP contribution in [-0.4, -0.2) is 12.6 Å². The maximum atomic E-state index is 11.7. The van der Waals surface area contributed by atoms with E-state index in [1.807, 2.05) is 33.8 Å². The number of carbonyl (C=O) groups excluding carboxylic acids is 1. The molecule has 0 unspecified atom stereocenters. The van der Waals surface area contributed by atoms with Crippen LogP contribution in [0.4, 0.5) is 0 Å². The summed E-state index contributed by atoms with van der Waals surface area (Å²) in [6.45, 7) is 12.2. The van der Waals surface area contributed by atoms with Gasteiger partial charge in [0.1, 0.15) is 0 Å². The summed E-state index contributed by atoms with van der Waals surface area (Å²) >= 11 is 0. The van der Waals surface area contributed by atoms with Crippen molar-refractivity contribution in [2.75, 3.05) is 6.61 Å². The van der Waals surface area contributed by atoms with Crippen molar-refractivity contribution in [3.05, 3.63) is 12.7 Å². The normalized spacial score (nSPS) is 11.5. The fourth-order valence-corrected chi connectivity index (χ4v) is 1.23. The zero-order valence-electron chi connectivity index (χ0n) is 10.5. The number of hydrogen-bond acceptors (Lipinski definition) is 2. The zero-order valence-corrected chi connectivity index (χ0v) is 10.5. The molecule has 0 aliphatic carbocycles. The van der Waals surface area contributed by atoms with Crippen LogP contribution in [0, 0.1) is 11.3 Å². The first kappa shape index (κ1) is 14.2. The number of ether oxygens (including phenoxy) is 1. The molecule has 2 heteroatoms. The molecule has 0 aliphatic heterocycles. The molecule has 0 radical (unpaired) electrons. The summed E-state index contributed by atoms with van der Waals surface area (Å²) in [6, 6.07) is 0. The molecule has 0 fully saturated rings. The van der Waals surface area contributed by atoms with Crippen LogP contribution < -0.4 is 0 Å². The summed E-state index contributed by atoms with van der Waals surface area (Å²) in [7, 11) is 0. The van der Waals surface area contributed by atoms with Crippen molar-refractivity contribution in [3.8, 4) is 0 Å². The molecule has 0 aromatic rings. The lowest BCUT2D eigenvalue weighted by Gasteiger charge is -2.22. The average Bonchev–Trinajstić information content (AvgIpc) is 2.14. The predicted molar refractivity (Wildman–Crippen MR) is 63.6 cm³/mol. The summed E-state index contributed by atoms with van der Waals surface area (Å²) < 4.78 is 5.23. The molecule has 0 bridgehead atoms. The Morgan fingerprint density at radius 1 is 1.47 bits per heavy atom. The summed E-state index contributed by atoms with van der Waals surface area (Å²) in [5.41, 5.74) is -0.363. The Balaban J connectivity index is 3.96. The molecule has 0 aromatic heterocycles. The highest BCUT2D eigenvalue weighted by atomic mass is 16.5. The molecule has 0 aliphatic rings. The number of rotatable bonds is 7. The molecule has 0 spiro atoms. The van der Waals surface area contributed by atoms with Crippen LogP contribution in [0.2, 0.25) is 0 Å². The third-order valence-corrected chi connectivity index (χ3v) is 2.31. The second-order valence-corrected chi connectivity index (χ2v) is 5.06. The van der Waals surface area contributed by atoms with Crippen LogP contribution in [0.15, 0.2) is 12.7 Å². The molecule has 0 saturated heterocycles. The van der Waals surface area contributed by atoms with Gasteiger partial charge in [-0.3, -0.25) is 4.79 Å². The third kappa shape index (κ3) is 6.32. The van der Waals surface area contributed by atoms with Gasteiger partial charge < -0.3 is 4.74 Å². The topological polar surface area (TPSA) is 26.3 Å². The average molecular weight is 212 g/mol. The Hall–Kier alpha value is -0.790. The van der Waals surface area contributed by atoms with E-state index in [4.69, 9.17) is 4.74 Å². The molecule has 2 nitrogen and oxygen atoms in total. The van der Waals surface area contributed by atoms with Crippen molar-refractivity contribution in [3.63, 3.8) is 0 Å². The number of allylic oxidation sites excluding steroid dienone is 1. The lowest BCUT2D eigenvalue weighted by Crippen LogP contribution is -2.27. The van der Waals surface area contributed by atoms with Gasteiger partial charge in [-0.25, -0.2) is 0 Å². The van der Waals surface area contributed by atoms with Crippen molar-refractivity contribution in [2.24, 2.45) is 11.3 Å². The molecule has 0 rings (SSSR count). The van der Waals surface area contributed by atoms with Crippen molar-refractivity contribution in [1.82, 2.24) is 0 Å². The van der Waals surface area contributed by atoms with E-state index in [9.17, 15) is 4.79 Å². The van der Waals surface area contributed by atoms with Crippen molar-refractivity contribution in [1.29, 1.82) is 0 Å². The molecule has 0 heterocycles. The monoisotopic (exact) mass is 212 g/mol. The first-order valence-electron chi connectivity index (χ1n) is 5.68. The Kier molecular flexibility index (Phi) is 6.30. The Labute approximate surface area is 93.7 Å². The van der Waals surface area contributed by atoms with Crippen molar-refractivity contribution < 1.29 is 9.53 Å². The molecule has 0 amide bonds. The molecular weight excluding hydrogens is 188 g/mol. The van der Waals surface area contributed by atoms with Gasteiger partial charge in [-0.15, -0.1) is 6.58 Å². The maximum absolute atomic E-state index is 11.7. The van der Waals surface area contributed by atoms with Crippen LogP contribution >= 0.6 is 0 Å². The number of esters is 1. The van der Waals surface area contributed by atoms with Gasteiger partial charge in [0.2, 0.25) is 0 Å². The van der Waals surface area contributed by atoms with E-state index in [0.29, 0.717) is 12.5 Å². The molecule has 0 atom stereocenters. The molecule has 15 heavy (non-hydrogen) atoms. The van der Waals surface area contributed by atoms with Gasteiger partial charge in [-0.1, -0.05) is 19.9 Å². The van der Waals surface area contributed by atoms with Gasteiger partial charge >= 0.3 is 5.97 Å². The van der Waals surface area contributed by atoms with Gasteiger partial charge in [-0.05, 0) is 39.0 Å². The van der Waals surface area contributed by atoms with E-state index in [0.717, 1.165) is 19.3 Å². The summed E-state index contributed by atoms with van der Waals surface area (Å²) in [5, 5.41) is 0. The Bertz CT molecular complexity index is 205. The predicted octanol–water partition coefficient (Wildman–Crippen LogP) is 3.57. The van der Waals surface area contributed by atoms with E-state index < -0.39 is 0 Å². The number of hydrogen-bond donors (Lipinski definition) is 0. The SMILES string of the molecule is C=CCCCC(C)(C)C(=O)OCC(C)C. The lowest BCUT2D eigenvalue weighted by atomic mass is 9.87. The molecule has 0 N–H and O–H groups in total. The van der Waals surface area contributed by atoms with Crippen LogP contribution in [0.1, 0.15) is 47.0 Å². The highest BCUT2D eigenvalue weighted by Gasteiger charge is 2.28. The first-order valence-corrected chi connectivity index (χ1v) is 5.68. The van der Waals surface area contributed by atoms with Gasteiger partial charge in [0.15, 0.2) is 0 Å². The minimum absolute atomic E-state index is 0.0831. The van der Waals surface area contributed by atoms with Crippen molar-refractivity contribution in [2.45, 2.75) is 47.0 Å². The van der Waals surface area contributed by atoms with E-state index in [1.54, 1.807) is 0 Å². The molecular formula is C13H24O2. The second kappa shape index (κ2) is 6.65. The second-order valence-electron chi connectivity index (χ2n) is 5.06. The quantitative estimate of drug-likeness (QED) is 0.366. The summed E-state index contributed by atoms with van der Waals surface area (Å²) in [5.74, 6) is 0.318. The standard InChI is InChI=1S/C13H24O2/c1-6-7-8-9-13(4,5)12(14)15-10-11(2)3/h6,11H,1,7-10H2,2-5H3. The number of unbranched alkanes of at least 4 members (excludes halogenated alkanes) is 1. The molecule has 88 valence electrons. The largest absolute Gasteiger partial charge is 0.465 e. The van der Waals surface area contributed by atoms with Crippen molar-refractivity contribution >= 4 is 5.97 Å². The van der Waals surface area contributed by atoms with Gasteiger partial charge in [0, 0.05) is 0 Å². The molecule has 0 saturated carbocycles. The molecule has 0 aromatic carbocycles. The van der Waals surface area contributed by atoms with Crippen LogP contribution in [-0.2, 0) is 9.53 Å². The minimum atomic E-state index is -0.363. The highest BCUT2D eigenvalue weighted by Crippen LogP contribution is 2.25. The fourth-order valence-electron chi connectivity index (χ4n) is 1.23. The van der Waals surface area contributed by atoms with E-state index >= 15 is 0 Å². The Morgan fingerprint density at radius 2 is 2.07 bits per heavy atom. The lowest BCUT2D eigenvalue weighted by molar-refractivity contribution is -0.155. The number of carbonyl (C=O) groups is 1. The van der Waals surface area contributed by atoms with Gasteiger partial charge in [0.25, 0.3) is 0 Å². The van der Waals surface area contributed by atoms with Gasteiger partial charge in [0.05, 0.1) is 12.0 Å². The first-order chi connectivity index (χ1) is 6.90. The smallest absolute Gasteiger partial charge is 0.311 e. The summed E-state index contributed by atoms with van der Waals surface area (Å²) in [4.78, 5) is 11.7. The van der Waals surface area contributed by atoms with E-state index in [-0.39, 0.29) is 11.4 Å². The maximum Gasteiger partial charge on any atom is 0.311 e. The third-order valence-electron chi connectivity index (χ3n) is 2.31. The minimum Gasteiger partial charge on any atom is -0.465 e. The Morgan fingerprint density at radius 3 is 2.53 bits per heavy atom. The zero-order chi connectivity index (χ0) is 11.9. The van der Waals surface area contributed by atoms with Crippen LogP contribution in [0.5, 0.6) is 0 Å². The van der Waals surface area contributed by atoms with Gasteiger partial charge in [-0.2, -0.15) is 0 Å². The van der Waals surface area contributed by atoms with E-state index in [1.165, 1.54) is 0 Å². The highest BCUT2D eigenvalue weighted by molar-refractivity contribution is 5.75. The summed E-state index contributed by atoms with van der Waals surface area (Å²) in [6.07, 6.45) is 4.69. The van der Waals surface area contributed by atoms with E-state index in [2.05, 4.69) is 6.58 Å². The fraction of sp³-hybridized carbons (Fsp3) is 0.769. The van der Waals surface area contributed by atoms with Crippen LogP contribution in [0.25, 0.3) is 0 Å². The van der Waals surface area contributed by atoms with Crippen LogP contribution in [0.3, 0.4) is 0 Å².